The van der Waals surface area contributed by atoms with Gasteiger partial charge in [-0.15, -0.1) is 14.5 Å². The smallest absolute Gasteiger partial charge is 0.418 e. The van der Waals surface area contributed by atoms with E-state index < -0.39 is 28.5 Å². The molecule has 0 unspecified atom stereocenters. The minimum atomic E-state index is -4.77. The quantitative estimate of drug-likeness (QED) is 0.773. The summed E-state index contributed by atoms with van der Waals surface area (Å²) in [6, 6.07) is -1.43. The van der Waals surface area contributed by atoms with Crippen molar-refractivity contribution < 1.29 is 26.5 Å². The second-order valence-electron chi connectivity index (χ2n) is 7.15. The zero-order valence-electron chi connectivity index (χ0n) is 14.0. The van der Waals surface area contributed by atoms with Crippen molar-refractivity contribution in [1.82, 2.24) is 20.2 Å². The largest absolute Gasteiger partial charge is 0.423 e. The molecule has 0 radical (unpaired) electrons. The molecule has 1 aromatic rings. The van der Waals surface area contributed by atoms with Crippen LogP contribution in [0.2, 0.25) is 0 Å². The van der Waals surface area contributed by atoms with E-state index in [9.17, 15) is 13.2 Å². The fourth-order valence-corrected chi connectivity index (χ4v) is 4.16. The standard InChI is InChI=1S/C14H20N4O6S/c1-3-8(2)11-15-16-12(23-11)9-6-14(4-5-14)10-7-17(9)13(19)18(10)24-25(20,21)22/h8-10H,3-7H2,1-2H3,(H,20,21,22)/t8-,9-,10-/m0/s1. The van der Waals surface area contributed by atoms with Crippen LogP contribution in [0.25, 0.3) is 0 Å². The summed E-state index contributed by atoms with van der Waals surface area (Å²) in [5, 5.41) is 8.98. The molecule has 11 heteroatoms. The maximum Gasteiger partial charge on any atom is 0.418 e. The number of carbonyl (C=O) groups is 1. The van der Waals surface area contributed by atoms with Crippen molar-refractivity contribution in [3.63, 3.8) is 0 Å². The van der Waals surface area contributed by atoms with Gasteiger partial charge in [-0.25, -0.2) is 4.79 Å². The van der Waals surface area contributed by atoms with Crippen LogP contribution in [0, 0.1) is 5.41 Å². The topological polar surface area (TPSA) is 126 Å². The van der Waals surface area contributed by atoms with Crippen LogP contribution in [-0.2, 0) is 14.7 Å². The highest BCUT2D eigenvalue weighted by Crippen LogP contribution is 2.61. The summed E-state index contributed by atoms with van der Waals surface area (Å²) in [5.74, 6) is 1.02. The van der Waals surface area contributed by atoms with Crippen molar-refractivity contribution in [2.75, 3.05) is 6.54 Å². The Bertz CT molecular complexity index is 804. The summed E-state index contributed by atoms with van der Waals surface area (Å²) in [7, 11) is -4.77. The fraction of sp³-hybridized carbons (Fsp3) is 0.786. The second kappa shape index (κ2) is 5.39. The summed E-state index contributed by atoms with van der Waals surface area (Å²) in [6.07, 6.45) is 3.17. The van der Waals surface area contributed by atoms with Gasteiger partial charge in [0.2, 0.25) is 11.8 Å². The van der Waals surface area contributed by atoms with Gasteiger partial charge in [-0.05, 0) is 31.1 Å². The van der Waals surface area contributed by atoms with Crippen LogP contribution >= 0.6 is 0 Å². The molecule has 1 aliphatic carbocycles. The summed E-state index contributed by atoms with van der Waals surface area (Å²) in [4.78, 5) is 14.1. The molecular weight excluding hydrogens is 352 g/mol. The number of hydroxylamine groups is 2. The number of rotatable bonds is 5. The number of amides is 2. The van der Waals surface area contributed by atoms with Gasteiger partial charge in [0, 0.05) is 12.5 Å². The molecule has 1 aromatic heterocycles. The van der Waals surface area contributed by atoms with Crippen LogP contribution in [0.4, 0.5) is 4.79 Å². The van der Waals surface area contributed by atoms with E-state index in [1.807, 2.05) is 13.8 Å². The monoisotopic (exact) mass is 372 g/mol. The van der Waals surface area contributed by atoms with Gasteiger partial charge in [-0.2, -0.15) is 13.5 Å². The molecule has 10 nitrogen and oxygen atoms in total. The zero-order chi connectivity index (χ0) is 18.0. The molecule has 3 heterocycles. The van der Waals surface area contributed by atoms with Crippen molar-refractivity contribution in [3.05, 3.63) is 11.8 Å². The molecule has 1 saturated carbocycles. The Hall–Kier alpha value is -1.72. The highest BCUT2D eigenvalue weighted by atomic mass is 32.3. The number of hydrogen-bond acceptors (Lipinski definition) is 7. The Kier molecular flexibility index (Phi) is 3.61. The van der Waals surface area contributed by atoms with Gasteiger partial charge in [0.05, 0.1) is 6.04 Å². The maximum absolute atomic E-state index is 12.6. The first-order valence-electron chi connectivity index (χ1n) is 8.34. The van der Waals surface area contributed by atoms with Crippen LogP contribution in [-0.4, -0.2) is 51.7 Å². The average molecular weight is 372 g/mol. The van der Waals surface area contributed by atoms with Crippen LogP contribution < -0.4 is 0 Å². The first-order valence-corrected chi connectivity index (χ1v) is 9.71. The third-order valence-electron chi connectivity index (χ3n) is 5.61. The van der Waals surface area contributed by atoms with Crippen molar-refractivity contribution >= 4 is 16.4 Å². The van der Waals surface area contributed by atoms with E-state index in [-0.39, 0.29) is 11.3 Å². The number of carbonyl (C=O) groups excluding carboxylic acids is 1. The Balaban J connectivity index is 1.64. The average Bonchev–Trinajstić information content (AvgIpc) is 3.04. The molecule has 2 saturated heterocycles. The third-order valence-corrected chi connectivity index (χ3v) is 5.96. The van der Waals surface area contributed by atoms with Crippen LogP contribution in [0.5, 0.6) is 0 Å². The van der Waals surface area contributed by atoms with Crippen molar-refractivity contribution in [3.8, 4) is 0 Å². The molecule has 3 aliphatic rings. The number of piperidine rings is 1. The van der Waals surface area contributed by atoms with Gasteiger partial charge < -0.3 is 9.32 Å². The summed E-state index contributed by atoms with van der Waals surface area (Å²) < 4.78 is 41.5. The molecule has 4 rings (SSSR count). The minimum Gasteiger partial charge on any atom is -0.423 e. The van der Waals surface area contributed by atoms with E-state index in [1.54, 1.807) is 0 Å². The predicted molar refractivity (Wildman–Crippen MR) is 82.4 cm³/mol. The molecule has 3 atom stereocenters. The SMILES string of the molecule is CC[C@H](C)c1nnc([C@@H]2CC3(CC3)[C@@H]3CN2C(=O)N3OS(=O)(=O)O)o1. The van der Waals surface area contributed by atoms with E-state index in [2.05, 4.69) is 14.5 Å². The highest BCUT2D eigenvalue weighted by molar-refractivity contribution is 7.80. The maximum atomic E-state index is 12.6. The first kappa shape index (κ1) is 16.7. The Morgan fingerprint density at radius 1 is 1.44 bits per heavy atom. The van der Waals surface area contributed by atoms with Crippen LogP contribution in [0.15, 0.2) is 4.42 Å². The van der Waals surface area contributed by atoms with E-state index >= 15 is 0 Å². The Morgan fingerprint density at radius 3 is 2.76 bits per heavy atom. The van der Waals surface area contributed by atoms with E-state index in [1.165, 1.54) is 4.90 Å². The molecule has 2 bridgehead atoms. The van der Waals surface area contributed by atoms with Crippen molar-refractivity contribution in [1.29, 1.82) is 0 Å². The summed E-state index contributed by atoms with van der Waals surface area (Å²) in [5.41, 5.74) is -0.233. The first-order chi connectivity index (χ1) is 11.7. The van der Waals surface area contributed by atoms with Crippen molar-refractivity contribution in [2.45, 2.75) is 57.5 Å². The lowest BCUT2D eigenvalue weighted by Crippen LogP contribution is -2.43. The second-order valence-corrected chi connectivity index (χ2v) is 8.15. The summed E-state index contributed by atoms with van der Waals surface area (Å²) >= 11 is 0. The number of aromatic nitrogens is 2. The number of urea groups is 1. The molecule has 1 spiro atoms. The van der Waals surface area contributed by atoms with Gasteiger partial charge >= 0.3 is 16.4 Å². The number of nitrogens with zero attached hydrogens (tertiary/aromatic N) is 4. The minimum absolute atomic E-state index is 0.126. The molecule has 138 valence electrons. The van der Waals surface area contributed by atoms with Crippen molar-refractivity contribution in [2.24, 2.45) is 5.41 Å². The fourth-order valence-electron chi connectivity index (χ4n) is 3.79. The molecule has 2 amide bonds. The molecule has 1 N–H and O–H groups in total. The van der Waals surface area contributed by atoms with Crippen LogP contribution in [0.3, 0.4) is 0 Å². The predicted octanol–water partition coefficient (Wildman–Crippen LogP) is 1.65. The molecule has 25 heavy (non-hydrogen) atoms. The molecule has 3 fully saturated rings. The van der Waals surface area contributed by atoms with Gasteiger partial charge in [-0.1, -0.05) is 13.8 Å². The Labute approximate surface area is 145 Å². The van der Waals surface area contributed by atoms with E-state index in [0.717, 1.165) is 24.3 Å². The lowest BCUT2D eigenvalue weighted by molar-refractivity contribution is -0.0530. The van der Waals surface area contributed by atoms with Gasteiger partial charge in [0.25, 0.3) is 0 Å². The van der Waals surface area contributed by atoms with Crippen LogP contribution in [0.1, 0.15) is 63.3 Å². The van der Waals surface area contributed by atoms with E-state index in [4.69, 9.17) is 8.97 Å². The summed E-state index contributed by atoms with van der Waals surface area (Å²) in [6.45, 7) is 4.31. The molecule has 2 aliphatic heterocycles. The zero-order valence-corrected chi connectivity index (χ0v) is 14.8. The van der Waals surface area contributed by atoms with E-state index in [0.29, 0.717) is 24.7 Å². The Morgan fingerprint density at radius 2 is 2.16 bits per heavy atom. The lowest BCUT2D eigenvalue weighted by atomic mass is 9.85. The lowest BCUT2D eigenvalue weighted by Gasteiger charge is -2.34. The van der Waals surface area contributed by atoms with Gasteiger partial charge in [0.15, 0.2) is 0 Å². The van der Waals surface area contributed by atoms with Gasteiger partial charge in [0.1, 0.15) is 6.04 Å². The number of hydrogen-bond donors (Lipinski definition) is 1. The third kappa shape index (κ3) is 2.70. The van der Waals surface area contributed by atoms with Gasteiger partial charge in [-0.3, -0.25) is 4.55 Å². The molecule has 0 aromatic carbocycles. The normalized spacial score (nSPS) is 28.7. The number of fused-ring (bicyclic) bond motifs is 3. The highest BCUT2D eigenvalue weighted by Gasteiger charge is 2.64. The molecular formula is C14H20N4O6S.